The molecule has 0 fully saturated rings. The maximum atomic E-state index is 10.5. The molecule has 9 heavy (non-hydrogen) atoms. The van der Waals surface area contributed by atoms with Crippen molar-refractivity contribution >= 4 is 5.78 Å². The summed E-state index contributed by atoms with van der Waals surface area (Å²) in [5.74, 6) is -0.256. The van der Waals surface area contributed by atoms with Crippen molar-refractivity contribution in [1.82, 2.24) is 0 Å². The van der Waals surface area contributed by atoms with Crippen molar-refractivity contribution in [3.63, 3.8) is 0 Å². The molecule has 0 radical (unpaired) electrons. The highest BCUT2D eigenvalue weighted by Gasteiger charge is 2.10. The first kappa shape index (κ1) is 8.59. The van der Waals surface area contributed by atoms with E-state index in [0.29, 0.717) is 0 Å². The van der Waals surface area contributed by atoms with Gasteiger partial charge in [0.1, 0.15) is 5.78 Å². The van der Waals surface area contributed by atoms with Crippen LogP contribution < -0.4 is 0 Å². The summed E-state index contributed by atoms with van der Waals surface area (Å²) in [6, 6.07) is 0. The lowest BCUT2D eigenvalue weighted by atomic mass is 10.0. The molecule has 0 bridgehead atoms. The van der Waals surface area contributed by atoms with Gasteiger partial charge in [-0.3, -0.25) is 4.79 Å². The Morgan fingerprint density at radius 2 is 2.00 bits per heavy atom. The fourth-order valence-electron chi connectivity index (χ4n) is 0.482. The van der Waals surface area contributed by atoms with Crippen molar-refractivity contribution in [2.75, 3.05) is 0 Å². The third kappa shape index (κ3) is 4.12. The fraction of sp³-hybridized carbons (Fsp3) is 0.833. The lowest BCUT2D eigenvalue weighted by molar-refractivity contribution is -0.124. The quantitative estimate of drug-likeness (QED) is 0.528. The minimum absolute atomic E-state index is 0.0110. The third-order valence-electron chi connectivity index (χ3n) is 1.26. The Balaban J connectivity index is 3.50. The van der Waals surface area contributed by atoms with E-state index in [2.05, 4.69) is 0 Å². The van der Waals surface area contributed by atoms with Gasteiger partial charge in [0.25, 0.3) is 0 Å². The molecule has 0 amide bonds. The summed E-state index contributed by atoms with van der Waals surface area (Å²) in [5.41, 5.74) is 0. The van der Waals surface area contributed by atoms with E-state index in [1.807, 2.05) is 0 Å². The van der Waals surface area contributed by atoms with Gasteiger partial charge in [0.2, 0.25) is 0 Å². The molecule has 0 rings (SSSR count). The molecule has 0 aliphatic rings. The maximum absolute atomic E-state index is 10.5. The Hall–Kier alpha value is -0.410. The van der Waals surface area contributed by atoms with E-state index in [-0.39, 0.29) is 18.1 Å². The lowest BCUT2D eigenvalue weighted by Gasteiger charge is -2.07. The summed E-state index contributed by atoms with van der Waals surface area (Å²) in [5, 5.41) is 16.8. The predicted octanol–water partition coefficient (Wildman–Crippen LogP) is -0.0877. The van der Waals surface area contributed by atoms with Crippen molar-refractivity contribution < 1.29 is 15.0 Å². The molecule has 2 N–H and O–H groups in total. The molecule has 0 saturated carbocycles. The highest BCUT2D eigenvalue weighted by atomic mass is 16.5. The molecule has 54 valence electrons. The van der Waals surface area contributed by atoms with E-state index in [4.69, 9.17) is 10.2 Å². The van der Waals surface area contributed by atoms with E-state index >= 15 is 0 Å². The Labute approximate surface area is 54.3 Å². The number of hydrogen-bond donors (Lipinski definition) is 2. The van der Waals surface area contributed by atoms with Gasteiger partial charge in [-0.15, -0.1) is 0 Å². The van der Waals surface area contributed by atoms with E-state index in [0.717, 1.165) is 0 Å². The number of carbonyl (C=O) groups excluding carboxylic acids is 1. The minimum Gasteiger partial charge on any atom is -0.368 e. The molecule has 3 nitrogen and oxygen atoms in total. The van der Waals surface area contributed by atoms with E-state index < -0.39 is 6.29 Å². The first-order chi connectivity index (χ1) is 4.04. The molecule has 1 unspecified atom stereocenters. The van der Waals surface area contributed by atoms with Crippen LogP contribution in [0.2, 0.25) is 0 Å². The second-order valence-electron chi connectivity index (χ2n) is 2.23. The van der Waals surface area contributed by atoms with Crippen molar-refractivity contribution in [2.45, 2.75) is 26.6 Å². The van der Waals surface area contributed by atoms with Crippen molar-refractivity contribution in [1.29, 1.82) is 0 Å². The van der Waals surface area contributed by atoms with E-state index in [9.17, 15) is 4.79 Å². The summed E-state index contributed by atoms with van der Waals surface area (Å²) in [7, 11) is 0. The van der Waals surface area contributed by atoms with Crippen LogP contribution in [0.15, 0.2) is 0 Å². The standard InChI is InChI=1S/C6H12O3/c1-4(5(2)7)3-6(8)9/h4,6,8-9H,3H2,1-2H3. The van der Waals surface area contributed by atoms with Gasteiger partial charge in [0.05, 0.1) is 0 Å². The zero-order chi connectivity index (χ0) is 7.44. The van der Waals surface area contributed by atoms with Crippen LogP contribution in [0, 0.1) is 5.92 Å². The minimum atomic E-state index is -1.36. The second kappa shape index (κ2) is 3.58. The number of rotatable bonds is 3. The molecule has 0 heterocycles. The zero-order valence-corrected chi connectivity index (χ0v) is 5.66. The molecular weight excluding hydrogens is 120 g/mol. The first-order valence-electron chi connectivity index (χ1n) is 2.90. The highest BCUT2D eigenvalue weighted by Crippen LogP contribution is 2.04. The molecule has 0 aromatic heterocycles. The van der Waals surface area contributed by atoms with Gasteiger partial charge in [-0.25, -0.2) is 0 Å². The average molecular weight is 132 g/mol. The Morgan fingerprint density at radius 1 is 1.56 bits per heavy atom. The average Bonchev–Trinajstić information content (AvgIpc) is 1.63. The van der Waals surface area contributed by atoms with Crippen LogP contribution in [0.4, 0.5) is 0 Å². The van der Waals surface area contributed by atoms with Crippen molar-refractivity contribution in [3.8, 4) is 0 Å². The van der Waals surface area contributed by atoms with Gasteiger partial charge in [-0.1, -0.05) is 6.92 Å². The zero-order valence-electron chi connectivity index (χ0n) is 5.66. The van der Waals surface area contributed by atoms with Crippen LogP contribution in [0.25, 0.3) is 0 Å². The molecule has 0 aromatic carbocycles. The number of aliphatic hydroxyl groups excluding tert-OH is 1. The smallest absolute Gasteiger partial charge is 0.152 e. The van der Waals surface area contributed by atoms with Crippen LogP contribution in [-0.4, -0.2) is 22.3 Å². The number of Topliss-reactive ketones (excluding diaryl/α,β-unsaturated/α-hetero) is 1. The molecule has 0 aliphatic carbocycles. The molecule has 3 heteroatoms. The van der Waals surface area contributed by atoms with Gasteiger partial charge < -0.3 is 10.2 Å². The largest absolute Gasteiger partial charge is 0.368 e. The van der Waals surface area contributed by atoms with Crippen LogP contribution in [0.1, 0.15) is 20.3 Å². The Kier molecular flexibility index (Phi) is 3.42. The van der Waals surface area contributed by atoms with Gasteiger partial charge in [-0.05, 0) is 6.92 Å². The monoisotopic (exact) mass is 132 g/mol. The van der Waals surface area contributed by atoms with Gasteiger partial charge in [0, 0.05) is 12.3 Å². The third-order valence-corrected chi connectivity index (χ3v) is 1.26. The summed E-state index contributed by atoms with van der Waals surface area (Å²) in [4.78, 5) is 10.5. The van der Waals surface area contributed by atoms with Gasteiger partial charge >= 0.3 is 0 Å². The van der Waals surface area contributed by atoms with Crippen LogP contribution in [0.3, 0.4) is 0 Å². The Morgan fingerprint density at radius 3 is 2.11 bits per heavy atom. The topological polar surface area (TPSA) is 57.5 Å². The highest BCUT2D eigenvalue weighted by molar-refractivity contribution is 5.77. The SMILES string of the molecule is CC(=O)C(C)CC(O)O. The molecule has 0 aromatic rings. The predicted molar refractivity (Wildman–Crippen MR) is 32.7 cm³/mol. The summed E-state index contributed by atoms with van der Waals surface area (Å²) in [6.07, 6.45) is -1.22. The van der Waals surface area contributed by atoms with Crippen molar-refractivity contribution in [3.05, 3.63) is 0 Å². The van der Waals surface area contributed by atoms with Crippen molar-refractivity contribution in [2.24, 2.45) is 5.92 Å². The number of hydrogen-bond acceptors (Lipinski definition) is 3. The number of ketones is 1. The Bertz CT molecular complexity index is 98.5. The van der Waals surface area contributed by atoms with Crippen LogP contribution >= 0.6 is 0 Å². The second-order valence-corrected chi connectivity index (χ2v) is 2.23. The van der Waals surface area contributed by atoms with E-state index in [1.54, 1.807) is 6.92 Å². The normalized spacial score (nSPS) is 13.9. The number of carbonyl (C=O) groups is 1. The van der Waals surface area contributed by atoms with Crippen LogP contribution in [-0.2, 0) is 4.79 Å². The first-order valence-corrected chi connectivity index (χ1v) is 2.90. The summed E-state index contributed by atoms with van der Waals surface area (Å²) < 4.78 is 0. The molecule has 0 spiro atoms. The summed E-state index contributed by atoms with van der Waals surface area (Å²) >= 11 is 0. The van der Waals surface area contributed by atoms with Gasteiger partial charge in [-0.2, -0.15) is 0 Å². The van der Waals surface area contributed by atoms with Crippen LogP contribution in [0.5, 0.6) is 0 Å². The molecule has 0 aliphatic heterocycles. The number of aliphatic hydroxyl groups is 2. The van der Waals surface area contributed by atoms with Gasteiger partial charge in [0.15, 0.2) is 6.29 Å². The molecule has 1 atom stereocenters. The van der Waals surface area contributed by atoms with E-state index in [1.165, 1.54) is 6.92 Å². The summed E-state index contributed by atoms with van der Waals surface area (Å²) in [6.45, 7) is 3.11. The molecular formula is C6H12O3. The maximum Gasteiger partial charge on any atom is 0.152 e. The molecule has 0 saturated heterocycles. The lowest BCUT2D eigenvalue weighted by Crippen LogP contribution is -2.15. The fourth-order valence-corrected chi connectivity index (χ4v) is 0.482.